The first-order valence-electron chi connectivity index (χ1n) is 22.3. The van der Waals surface area contributed by atoms with Gasteiger partial charge in [0.2, 0.25) is 0 Å². The lowest BCUT2D eigenvalue weighted by molar-refractivity contribution is 0.660. The van der Waals surface area contributed by atoms with Crippen LogP contribution < -0.4 is 4.90 Å². The minimum Gasteiger partial charge on any atom is -0.454 e. The Balaban J connectivity index is 1.15. The summed E-state index contributed by atoms with van der Waals surface area (Å²) in [6, 6.07) is 82.8. The van der Waals surface area contributed by atoms with Crippen molar-refractivity contribution in [1.82, 2.24) is 0 Å². The van der Waals surface area contributed by atoms with Gasteiger partial charge in [0.15, 0.2) is 5.58 Å². The predicted molar refractivity (Wildman–Crippen MR) is 266 cm³/mol. The lowest BCUT2D eigenvalue weighted by atomic mass is 9.67. The second-order valence-corrected chi connectivity index (χ2v) is 18.0. The molecule has 0 unspecified atom stereocenters. The van der Waals surface area contributed by atoms with Crippen LogP contribution in [-0.4, -0.2) is 0 Å². The van der Waals surface area contributed by atoms with E-state index in [0.29, 0.717) is 0 Å². The zero-order chi connectivity index (χ0) is 42.6. The molecule has 0 atom stereocenters. The van der Waals surface area contributed by atoms with Gasteiger partial charge in [0, 0.05) is 27.6 Å². The average Bonchev–Trinajstić information content (AvgIpc) is 3.96. The van der Waals surface area contributed by atoms with Gasteiger partial charge in [-0.05, 0) is 120 Å². The molecule has 1 aromatic heterocycles. The molecule has 2 heteroatoms. The predicted octanol–water partition coefficient (Wildman–Crippen LogP) is 16.5. The summed E-state index contributed by atoms with van der Waals surface area (Å²) in [5, 5.41) is 4.61. The molecule has 0 radical (unpaired) electrons. The molecule has 2 aliphatic carbocycles. The molecule has 1 heterocycles. The highest BCUT2D eigenvalue weighted by molar-refractivity contribution is 6.22. The number of anilines is 3. The molecule has 0 fully saturated rings. The van der Waals surface area contributed by atoms with E-state index in [1.54, 1.807) is 0 Å². The summed E-state index contributed by atoms with van der Waals surface area (Å²) in [6.45, 7) is 4.73. The van der Waals surface area contributed by atoms with Crippen molar-refractivity contribution in [2.24, 2.45) is 0 Å². The van der Waals surface area contributed by atoms with Crippen LogP contribution in [0.3, 0.4) is 0 Å². The molecule has 0 saturated heterocycles. The Labute approximate surface area is 373 Å². The van der Waals surface area contributed by atoms with Crippen LogP contribution in [0.15, 0.2) is 229 Å². The SMILES string of the molecule is CC1(C)c2ccccc2-c2ccc(N(c3ccc4c(c3)C(c3ccccc3)(c3ccccc3)c3ccccc3-4)c3cc(-c4ccccc4)cc4c3oc3ccc5ccccc5c34)cc21. The molecule has 302 valence electrons. The van der Waals surface area contributed by atoms with Crippen LogP contribution in [0.4, 0.5) is 17.1 Å². The van der Waals surface area contributed by atoms with E-state index in [0.717, 1.165) is 50.1 Å². The van der Waals surface area contributed by atoms with Crippen LogP contribution in [-0.2, 0) is 10.8 Å². The van der Waals surface area contributed by atoms with Crippen LogP contribution >= 0.6 is 0 Å². The van der Waals surface area contributed by atoms with E-state index in [1.807, 2.05) is 0 Å². The number of nitrogens with zero attached hydrogens (tertiary/aromatic N) is 1. The van der Waals surface area contributed by atoms with Gasteiger partial charge in [0.1, 0.15) is 5.58 Å². The van der Waals surface area contributed by atoms with Gasteiger partial charge in [-0.25, -0.2) is 0 Å². The van der Waals surface area contributed by atoms with Crippen molar-refractivity contribution >= 4 is 49.8 Å². The van der Waals surface area contributed by atoms with Crippen LogP contribution in [0.5, 0.6) is 0 Å². The first-order valence-corrected chi connectivity index (χ1v) is 22.3. The summed E-state index contributed by atoms with van der Waals surface area (Å²) in [6.07, 6.45) is 0. The minimum atomic E-state index is -0.558. The van der Waals surface area contributed by atoms with Crippen molar-refractivity contribution < 1.29 is 4.42 Å². The summed E-state index contributed by atoms with van der Waals surface area (Å²) in [5.74, 6) is 0. The van der Waals surface area contributed by atoms with E-state index in [9.17, 15) is 0 Å². The van der Waals surface area contributed by atoms with Crippen molar-refractivity contribution in [2.75, 3.05) is 4.90 Å². The summed E-state index contributed by atoms with van der Waals surface area (Å²) < 4.78 is 7.17. The number of benzene rings is 10. The highest BCUT2D eigenvalue weighted by atomic mass is 16.3. The molecular weight excluding hydrogens is 775 g/mol. The van der Waals surface area contributed by atoms with E-state index < -0.39 is 5.41 Å². The fourth-order valence-electron chi connectivity index (χ4n) is 11.4. The third kappa shape index (κ3) is 5.14. The molecule has 0 saturated carbocycles. The topological polar surface area (TPSA) is 16.4 Å². The lowest BCUT2D eigenvalue weighted by Crippen LogP contribution is -2.28. The molecule has 13 rings (SSSR count). The maximum Gasteiger partial charge on any atom is 0.159 e. The van der Waals surface area contributed by atoms with E-state index in [4.69, 9.17) is 4.42 Å². The molecule has 2 aliphatic rings. The number of hydrogen-bond donors (Lipinski definition) is 0. The second-order valence-electron chi connectivity index (χ2n) is 18.0. The Bertz CT molecular complexity index is 3600. The summed E-state index contributed by atoms with van der Waals surface area (Å²) in [7, 11) is 0. The normalized spacial score (nSPS) is 14.0. The van der Waals surface area contributed by atoms with E-state index in [-0.39, 0.29) is 5.41 Å². The molecule has 0 bridgehead atoms. The minimum absolute atomic E-state index is 0.192. The van der Waals surface area contributed by atoms with Crippen LogP contribution in [0.25, 0.3) is 66.1 Å². The standard InChI is InChI=1S/C62H43NO/c1-61(2)53-28-16-14-26-48(53)50-33-31-45(38-55(50)61)63(57-37-42(40-18-6-3-7-19-40)36-52-59-47-25-13-12-20-41(47)30-35-58(59)64-60(52)57)46-32-34-51-49-27-15-17-29-54(49)62(56(51)39-46,43-21-8-4-9-22-43)44-23-10-5-11-24-44/h3-39H,1-2H3. The highest BCUT2D eigenvalue weighted by Gasteiger charge is 2.46. The van der Waals surface area contributed by atoms with Crippen molar-refractivity contribution in [3.05, 3.63) is 258 Å². The smallest absolute Gasteiger partial charge is 0.159 e. The monoisotopic (exact) mass is 817 g/mol. The Morgan fingerprint density at radius 3 is 1.64 bits per heavy atom. The third-order valence-electron chi connectivity index (χ3n) is 14.3. The average molecular weight is 818 g/mol. The van der Waals surface area contributed by atoms with Gasteiger partial charge < -0.3 is 9.32 Å². The van der Waals surface area contributed by atoms with Crippen LogP contribution in [0.1, 0.15) is 47.2 Å². The largest absolute Gasteiger partial charge is 0.454 e. The van der Waals surface area contributed by atoms with Crippen LogP contribution in [0, 0.1) is 0 Å². The lowest BCUT2D eigenvalue weighted by Gasteiger charge is -2.35. The van der Waals surface area contributed by atoms with Gasteiger partial charge in [-0.3, -0.25) is 0 Å². The second kappa shape index (κ2) is 13.8. The number of furan rings is 1. The Hall–Kier alpha value is -7.94. The van der Waals surface area contributed by atoms with Gasteiger partial charge >= 0.3 is 0 Å². The number of hydrogen-bond acceptors (Lipinski definition) is 2. The van der Waals surface area contributed by atoms with E-state index in [2.05, 4.69) is 243 Å². The van der Waals surface area contributed by atoms with Gasteiger partial charge in [0.05, 0.1) is 11.1 Å². The maximum atomic E-state index is 7.17. The van der Waals surface area contributed by atoms with Crippen molar-refractivity contribution in [1.29, 1.82) is 0 Å². The number of rotatable bonds is 6. The van der Waals surface area contributed by atoms with Gasteiger partial charge in [-0.2, -0.15) is 0 Å². The molecule has 64 heavy (non-hydrogen) atoms. The molecule has 0 N–H and O–H groups in total. The molecule has 0 amide bonds. The van der Waals surface area contributed by atoms with E-state index in [1.165, 1.54) is 66.4 Å². The molecule has 0 spiro atoms. The van der Waals surface area contributed by atoms with E-state index >= 15 is 0 Å². The first kappa shape index (κ1) is 36.7. The summed E-state index contributed by atoms with van der Waals surface area (Å²) >= 11 is 0. The Morgan fingerprint density at radius 2 is 0.938 bits per heavy atom. The van der Waals surface area contributed by atoms with Crippen molar-refractivity contribution in [3.63, 3.8) is 0 Å². The van der Waals surface area contributed by atoms with Gasteiger partial charge in [-0.1, -0.05) is 196 Å². The quantitative estimate of drug-likeness (QED) is 0.166. The molecule has 11 aromatic rings. The fraction of sp³-hybridized carbons (Fsp3) is 0.0645. The fourth-order valence-corrected chi connectivity index (χ4v) is 11.4. The molecule has 2 nitrogen and oxygen atoms in total. The number of fused-ring (bicyclic) bond motifs is 11. The maximum absolute atomic E-state index is 7.17. The Morgan fingerprint density at radius 1 is 0.391 bits per heavy atom. The Kier molecular flexibility index (Phi) is 7.90. The summed E-state index contributed by atoms with van der Waals surface area (Å²) in [5.41, 5.74) is 19.2. The first-order chi connectivity index (χ1) is 31.5. The molecule has 0 aliphatic heterocycles. The molecule has 10 aromatic carbocycles. The zero-order valence-electron chi connectivity index (χ0n) is 35.7. The zero-order valence-corrected chi connectivity index (χ0v) is 35.7. The highest BCUT2D eigenvalue weighted by Crippen LogP contribution is 2.58. The third-order valence-corrected chi connectivity index (χ3v) is 14.3. The van der Waals surface area contributed by atoms with Crippen LogP contribution in [0.2, 0.25) is 0 Å². The van der Waals surface area contributed by atoms with Crippen molar-refractivity contribution in [3.8, 4) is 33.4 Å². The van der Waals surface area contributed by atoms with Gasteiger partial charge in [-0.15, -0.1) is 0 Å². The van der Waals surface area contributed by atoms with Crippen molar-refractivity contribution in [2.45, 2.75) is 24.7 Å². The van der Waals surface area contributed by atoms with Gasteiger partial charge in [0.25, 0.3) is 0 Å². The summed E-state index contributed by atoms with van der Waals surface area (Å²) in [4.78, 5) is 2.47. The molecular formula is C62H43NO.